The number of nitrogens with one attached hydrogen (secondary N) is 2. The molecule has 13 nitrogen and oxygen atoms in total. The van der Waals surface area contributed by atoms with Gasteiger partial charge in [-0.1, -0.05) is 23.9 Å². The summed E-state index contributed by atoms with van der Waals surface area (Å²) in [4.78, 5) is 13.1. The van der Waals surface area contributed by atoms with Gasteiger partial charge >= 0.3 is 0 Å². The number of carbonyl (C=O) groups is 1. The molecule has 0 bridgehead atoms. The highest BCUT2D eigenvalue weighted by Gasteiger charge is 2.25. The fourth-order valence-electron chi connectivity index (χ4n) is 3.21. The number of rotatable bonds is 9. The highest BCUT2D eigenvalue weighted by Crippen LogP contribution is 2.30. The van der Waals surface area contributed by atoms with E-state index in [1.54, 1.807) is 36.4 Å². The molecule has 2 aromatic heterocycles. The van der Waals surface area contributed by atoms with Crippen LogP contribution in [0.15, 0.2) is 53.7 Å². The fourth-order valence-corrected chi connectivity index (χ4v) is 3.21. The summed E-state index contributed by atoms with van der Waals surface area (Å²) in [7, 11) is 1.43. The van der Waals surface area contributed by atoms with Gasteiger partial charge in [0.05, 0.1) is 19.4 Å². The SMILES string of the molecule is C=C(NNC(=O)c1nnn(-c2nonc2N)c1-c1cccc(OCC)c1)c1ccc(O)c(OC)c1. The Morgan fingerprint density at radius 3 is 2.77 bits per heavy atom. The number of amides is 1. The van der Waals surface area contributed by atoms with Gasteiger partial charge in [0.15, 0.2) is 17.2 Å². The van der Waals surface area contributed by atoms with Crippen LogP contribution < -0.4 is 26.1 Å². The summed E-state index contributed by atoms with van der Waals surface area (Å²) >= 11 is 0. The first kappa shape index (κ1) is 23.1. The molecule has 0 fully saturated rings. The quantitative estimate of drug-likeness (QED) is 0.259. The minimum Gasteiger partial charge on any atom is -0.504 e. The van der Waals surface area contributed by atoms with Crippen LogP contribution in [0.2, 0.25) is 0 Å². The van der Waals surface area contributed by atoms with E-state index in [1.165, 1.54) is 17.9 Å². The number of ether oxygens (including phenoxy) is 2. The zero-order chi connectivity index (χ0) is 24.9. The Bertz CT molecular complexity index is 1380. The molecule has 2 aromatic carbocycles. The Labute approximate surface area is 199 Å². The maximum absolute atomic E-state index is 13.1. The predicted molar refractivity (Wildman–Crippen MR) is 125 cm³/mol. The number of methoxy groups -OCH3 is 1. The Morgan fingerprint density at radius 1 is 1.23 bits per heavy atom. The molecular formula is C22H22N8O5. The molecular weight excluding hydrogens is 456 g/mol. The van der Waals surface area contributed by atoms with Gasteiger partial charge in [0.2, 0.25) is 11.6 Å². The normalized spacial score (nSPS) is 10.6. The molecule has 13 heteroatoms. The van der Waals surface area contributed by atoms with Crippen molar-refractivity contribution in [3.8, 4) is 34.3 Å². The number of nitrogens with two attached hydrogens (primary N) is 1. The lowest BCUT2D eigenvalue weighted by Crippen LogP contribution is -2.36. The number of aromatic hydroxyl groups is 1. The third-order valence-corrected chi connectivity index (χ3v) is 4.86. The van der Waals surface area contributed by atoms with Crippen LogP contribution in [-0.4, -0.2) is 50.0 Å². The first-order chi connectivity index (χ1) is 16.9. The first-order valence-corrected chi connectivity index (χ1v) is 10.3. The lowest BCUT2D eigenvalue weighted by molar-refractivity contribution is 0.0938. The van der Waals surface area contributed by atoms with Crippen molar-refractivity contribution in [2.75, 3.05) is 19.5 Å². The van der Waals surface area contributed by atoms with Gasteiger partial charge in [-0.05, 0) is 47.6 Å². The van der Waals surface area contributed by atoms with Crippen LogP contribution in [0.5, 0.6) is 17.2 Å². The molecule has 0 unspecified atom stereocenters. The zero-order valence-corrected chi connectivity index (χ0v) is 18.8. The molecule has 0 spiro atoms. The summed E-state index contributed by atoms with van der Waals surface area (Å²) in [5, 5.41) is 25.2. The third kappa shape index (κ3) is 4.68. The number of nitrogen functional groups attached to an aromatic ring is 1. The van der Waals surface area contributed by atoms with Crippen LogP contribution in [0.4, 0.5) is 5.82 Å². The van der Waals surface area contributed by atoms with E-state index in [2.05, 4.69) is 42.7 Å². The number of phenolic OH excluding ortho intramolecular Hbond substituents is 1. The lowest BCUT2D eigenvalue weighted by atomic mass is 10.1. The van der Waals surface area contributed by atoms with E-state index in [0.717, 1.165) is 0 Å². The molecule has 0 aliphatic carbocycles. The van der Waals surface area contributed by atoms with Crippen molar-refractivity contribution in [3.05, 3.63) is 60.3 Å². The van der Waals surface area contributed by atoms with Crippen LogP contribution in [-0.2, 0) is 0 Å². The summed E-state index contributed by atoms with van der Waals surface area (Å²) in [6, 6.07) is 11.7. The summed E-state index contributed by atoms with van der Waals surface area (Å²) in [5.41, 5.74) is 12.8. The van der Waals surface area contributed by atoms with Crippen molar-refractivity contribution >= 4 is 17.4 Å². The van der Waals surface area contributed by atoms with Crippen LogP contribution in [0.25, 0.3) is 22.8 Å². The van der Waals surface area contributed by atoms with Crippen molar-refractivity contribution in [1.29, 1.82) is 0 Å². The second-order valence-corrected chi connectivity index (χ2v) is 7.08. The lowest BCUT2D eigenvalue weighted by Gasteiger charge is -2.13. The first-order valence-electron chi connectivity index (χ1n) is 10.3. The van der Waals surface area contributed by atoms with Gasteiger partial charge in [0.1, 0.15) is 11.4 Å². The van der Waals surface area contributed by atoms with E-state index >= 15 is 0 Å². The van der Waals surface area contributed by atoms with Crippen molar-refractivity contribution in [2.45, 2.75) is 6.92 Å². The maximum atomic E-state index is 13.1. The van der Waals surface area contributed by atoms with Gasteiger partial charge in [-0.2, -0.15) is 4.68 Å². The predicted octanol–water partition coefficient (Wildman–Crippen LogP) is 1.92. The van der Waals surface area contributed by atoms with Crippen LogP contribution >= 0.6 is 0 Å². The fraction of sp³-hybridized carbons (Fsp3) is 0.136. The molecule has 0 atom stereocenters. The van der Waals surface area contributed by atoms with Crippen molar-refractivity contribution in [3.63, 3.8) is 0 Å². The molecule has 1 amide bonds. The minimum atomic E-state index is -0.616. The largest absolute Gasteiger partial charge is 0.504 e. The highest BCUT2D eigenvalue weighted by molar-refractivity contribution is 5.98. The average molecular weight is 478 g/mol. The number of carbonyl (C=O) groups excluding carboxylic acids is 1. The molecule has 4 rings (SSSR count). The van der Waals surface area contributed by atoms with E-state index in [-0.39, 0.29) is 34.5 Å². The monoisotopic (exact) mass is 478 g/mol. The van der Waals surface area contributed by atoms with Crippen LogP contribution in [0.3, 0.4) is 0 Å². The second-order valence-electron chi connectivity index (χ2n) is 7.08. The number of aromatic nitrogens is 5. The molecule has 5 N–H and O–H groups in total. The molecule has 0 saturated carbocycles. The number of nitrogens with zero attached hydrogens (tertiary/aromatic N) is 5. The van der Waals surface area contributed by atoms with E-state index in [9.17, 15) is 9.90 Å². The highest BCUT2D eigenvalue weighted by atomic mass is 16.6. The van der Waals surface area contributed by atoms with Gasteiger partial charge in [-0.3, -0.25) is 15.6 Å². The molecule has 0 aliphatic rings. The molecule has 4 aromatic rings. The van der Waals surface area contributed by atoms with E-state index < -0.39 is 5.91 Å². The maximum Gasteiger partial charge on any atom is 0.292 e. The van der Waals surface area contributed by atoms with Gasteiger partial charge in [-0.25, -0.2) is 4.63 Å². The van der Waals surface area contributed by atoms with E-state index in [0.29, 0.717) is 29.2 Å². The molecule has 35 heavy (non-hydrogen) atoms. The van der Waals surface area contributed by atoms with Crippen molar-refractivity contribution in [1.82, 2.24) is 36.2 Å². The Kier molecular flexibility index (Phi) is 6.48. The summed E-state index contributed by atoms with van der Waals surface area (Å²) in [6.07, 6.45) is 0. The van der Waals surface area contributed by atoms with Crippen LogP contribution in [0, 0.1) is 0 Å². The smallest absolute Gasteiger partial charge is 0.292 e. The molecule has 2 heterocycles. The average Bonchev–Trinajstić information content (AvgIpc) is 3.49. The summed E-state index contributed by atoms with van der Waals surface area (Å²) in [5.74, 6) is 0.247. The standard InChI is InChI=1S/C22H22N8O5/c1-4-34-15-7-5-6-14(10-15)19-18(25-29-30(19)21-20(23)27-35-28-21)22(32)26-24-12(2)13-8-9-16(31)17(11-13)33-3/h5-11,24,31H,2,4H2,1,3H3,(H2,23,27)(H,26,32). The number of hydrazine groups is 1. The van der Waals surface area contributed by atoms with Gasteiger partial charge < -0.3 is 20.3 Å². The number of anilines is 1. The van der Waals surface area contributed by atoms with E-state index in [4.69, 9.17) is 15.2 Å². The van der Waals surface area contributed by atoms with Gasteiger partial charge in [0.25, 0.3) is 5.91 Å². The zero-order valence-electron chi connectivity index (χ0n) is 18.8. The van der Waals surface area contributed by atoms with Gasteiger partial charge in [0, 0.05) is 11.1 Å². The van der Waals surface area contributed by atoms with Crippen molar-refractivity contribution < 1.29 is 24.0 Å². The summed E-state index contributed by atoms with van der Waals surface area (Å²) in [6.45, 7) is 6.22. The molecule has 180 valence electrons. The molecule has 0 radical (unpaired) electrons. The van der Waals surface area contributed by atoms with E-state index in [1.807, 2.05) is 6.92 Å². The number of phenols is 1. The van der Waals surface area contributed by atoms with Crippen LogP contribution in [0.1, 0.15) is 23.0 Å². The van der Waals surface area contributed by atoms with Crippen molar-refractivity contribution in [2.24, 2.45) is 0 Å². The Hall–Kier alpha value is -5.07. The second kappa shape index (κ2) is 9.82. The number of benzene rings is 2. The minimum absolute atomic E-state index is 0.0229. The van der Waals surface area contributed by atoms with Gasteiger partial charge in [-0.15, -0.1) is 5.10 Å². The molecule has 0 aliphatic heterocycles. The number of hydrogen-bond donors (Lipinski definition) is 4. The Balaban J connectivity index is 1.65. The third-order valence-electron chi connectivity index (χ3n) is 4.86. The topological polar surface area (TPSA) is 175 Å². The molecule has 0 saturated heterocycles. The Morgan fingerprint density at radius 2 is 2.06 bits per heavy atom. The summed E-state index contributed by atoms with van der Waals surface area (Å²) < 4.78 is 16.6. The number of hydrogen-bond acceptors (Lipinski definition) is 11.